The van der Waals surface area contributed by atoms with Crippen LogP contribution in [0.2, 0.25) is 0 Å². The molecule has 13 heteroatoms. The van der Waals surface area contributed by atoms with Gasteiger partial charge >= 0.3 is 12.1 Å². The number of ether oxygens (including phenoxy) is 1. The third-order valence-electron chi connectivity index (χ3n) is 8.33. The summed E-state index contributed by atoms with van der Waals surface area (Å²) in [5.41, 5.74) is 4.04. The van der Waals surface area contributed by atoms with E-state index in [1.165, 1.54) is 11.9 Å². The summed E-state index contributed by atoms with van der Waals surface area (Å²) in [4.78, 5) is 78.3. The second kappa shape index (κ2) is 14.4. The van der Waals surface area contributed by atoms with Gasteiger partial charge in [-0.2, -0.15) is 0 Å². The highest BCUT2D eigenvalue weighted by Crippen LogP contribution is 2.35. The van der Waals surface area contributed by atoms with Gasteiger partial charge in [-0.05, 0) is 41.4 Å². The highest BCUT2D eigenvalue weighted by molar-refractivity contribution is 6.37. The number of likely N-dealkylation sites (tertiary alicyclic amines) is 1. The first kappa shape index (κ1) is 35.8. The van der Waals surface area contributed by atoms with Gasteiger partial charge in [0.15, 0.2) is 0 Å². The molecule has 2 aliphatic rings. The van der Waals surface area contributed by atoms with Crippen molar-refractivity contribution in [3.8, 4) is 0 Å². The van der Waals surface area contributed by atoms with Gasteiger partial charge in [0, 0.05) is 13.6 Å². The minimum Gasteiger partial charge on any atom is -0.447 e. The molecule has 6 N–H and O–H groups in total. The molecule has 13 nitrogen and oxygen atoms in total. The third kappa shape index (κ3) is 10.4. The van der Waals surface area contributed by atoms with E-state index in [1.54, 1.807) is 0 Å². The van der Waals surface area contributed by atoms with Gasteiger partial charge < -0.3 is 36.6 Å². The summed E-state index contributed by atoms with van der Waals surface area (Å²) in [5, 5.41) is 10.7. The molecule has 0 bridgehead atoms. The van der Waals surface area contributed by atoms with E-state index in [1.807, 2.05) is 55.4 Å². The van der Waals surface area contributed by atoms with Crippen LogP contribution in [0.3, 0.4) is 0 Å². The van der Waals surface area contributed by atoms with E-state index in [4.69, 9.17) is 10.5 Å². The van der Waals surface area contributed by atoms with Crippen LogP contribution in [0.5, 0.6) is 0 Å². The maximum atomic E-state index is 14.1. The third-order valence-corrected chi connectivity index (χ3v) is 8.33. The predicted molar refractivity (Wildman–Crippen MR) is 160 cm³/mol. The first-order chi connectivity index (χ1) is 19.8. The predicted octanol–water partition coefficient (Wildman–Crippen LogP) is 1.68. The van der Waals surface area contributed by atoms with E-state index in [0.717, 1.165) is 12.8 Å². The molecule has 1 aliphatic heterocycles. The van der Waals surface area contributed by atoms with Gasteiger partial charge in [0.1, 0.15) is 18.7 Å². The smallest absolute Gasteiger partial charge is 0.406 e. The summed E-state index contributed by atoms with van der Waals surface area (Å²) in [7, 11) is 1.44. The SMILES string of the molecule is CNC(=O)OC[C@@H](NC(=O)N[C@H](C(=O)N1CC(C(C)C)C[C@H]1C(=O)NC(CC1CC1)C(=O)C(N)=O)C(C)(C)C)C(C)(C)C. The molecule has 0 spiro atoms. The Kier molecular flexibility index (Phi) is 12.0. The molecule has 2 fully saturated rings. The zero-order chi connectivity index (χ0) is 32.9. The molecule has 0 aromatic rings. The number of nitrogens with zero attached hydrogens (tertiary/aromatic N) is 1. The number of Topliss-reactive ketones (excluding diaryl/α,β-unsaturated/α-hetero) is 1. The van der Waals surface area contributed by atoms with Crippen molar-refractivity contribution in [2.45, 2.75) is 105 Å². The fourth-order valence-corrected chi connectivity index (χ4v) is 5.09. The Hall–Kier alpha value is -3.38. The zero-order valence-corrected chi connectivity index (χ0v) is 27.2. The van der Waals surface area contributed by atoms with Gasteiger partial charge in [0.05, 0.1) is 12.1 Å². The van der Waals surface area contributed by atoms with Gasteiger partial charge in [0.25, 0.3) is 5.91 Å². The van der Waals surface area contributed by atoms with Crippen molar-refractivity contribution < 1.29 is 33.5 Å². The van der Waals surface area contributed by atoms with Crippen LogP contribution >= 0.6 is 0 Å². The van der Waals surface area contributed by atoms with E-state index in [9.17, 15) is 28.8 Å². The largest absolute Gasteiger partial charge is 0.447 e. The number of rotatable bonds is 12. The number of nitrogens with one attached hydrogen (secondary N) is 4. The molecule has 2 rings (SSSR count). The van der Waals surface area contributed by atoms with Crippen molar-refractivity contribution in [3.05, 3.63) is 0 Å². The van der Waals surface area contributed by atoms with Crippen LogP contribution in [0, 0.1) is 28.6 Å². The number of primary amides is 1. The summed E-state index contributed by atoms with van der Waals surface area (Å²) < 4.78 is 5.18. The molecule has 2 unspecified atom stereocenters. The van der Waals surface area contributed by atoms with Gasteiger partial charge in [-0.25, -0.2) is 9.59 Å². The van der Waals surface area contributed by atoms with Gasteiger partial charge in [-0.1, -0.05) is 68.2 Å². The molecule has 1 heterocycles. The van der Waals surface area contributed by atoms with Crippen LogP contribution in [0.15, 0.2) is 0 Å². The Labute approximate surface area is 255 Å². The van der Waals surface area contributed by atoms with E-state index in [2.05, 4.69) is 21.3 Å². The van der Waals surface area contributed by atoms with Gasteiger partial charge in [0.2, 0.25) is 17.6 Å². The summed E-state index contributed by atoms with van der Waals surface area (Å²) in [6.07, 6.45) is 1.90. The molecule has 6 amide bonds. The Morgan fingerprint density at radius 3 is 2.00 bits per heavy atom. The molecular formula is C30H52N6O7. The van der Waals surface area contributed by atoms with Crippen LogP contribution in [-0.2, 0) is 23.9 Å². The lowest BCUT2D eigenvalue weighted by Gasteiger charge is -2.37. The number of hydrogen-bond donors (Lipinski definition) is 5. The van der Waals surface area contributed by atoms with Crippen LogP contribution in [0.4, 0.5) is 9.59 Å². The number of alkyl carbamates (subject to hydrolysis) is 1. The Bertz CT molecular complexity index is 1060. The Morgan fingerprint density at radius 2 is 1.53 bits per heavy atom. The van der Waals surface area contributed by atoms with E-state index in [0.29, 0.717) is 19.4 Å². The second-order valence-electron chi connectivity index (χ2n) is 14.4. The maximum Gasteiger partial charge on any atom is 0.406 e. The van der Waals surface area contributed by atoms with Crippen molar-refractivity contribution >= 4 is 35.6 Å². The number of ketones is 1. The number of carbonyl (C=O) groups excluding carboxylic acids is 6. The molecule has 0 aromatic carbocycles. The Balaban J connectivity index is 2.28. The quantitative estimate of drug-likeness (QED) is 0.208. The average molecular weight is 609 g/mol. The maximum absolute atomic E-state index is 14.1. The Morgan fingerprint density at radius 1 is 0.930 bits per heavy atom. The summed E-state index contributed by atoms with van der Waals surface area (Å²) in [5.74, 6) is -2.49. The van der Waals surface area contributed by atoms with Crippen LogP contribution in [0.25, 0.3) is 0 Å². The minimum atomic E-state index is -1.11. The average Bonchev–Trinajstić information content (AvgIpc) is 3.59. The van der Waals surface area contributed by atoms with Gasteiger partial charge in [-0.15, -0.1) is 0 Å². The standard InChI is InChI=1S/C30H52N6O7/c1-16(2)18-13-20(25(39)33-19(12-17-10-11-17)22(37)24(31)38)36(14-18)26(40)23(30(6,7)8)35-27(41)34-21(29(3,4)5)15-43-28(42)32-9/h16-21,23H,10-15H2,1-9H3,(H2,31,38)(H,32,42)(H,33,39)(H2,34,35,41)/t18?,19?,20-,21+,23+/m0/s1. The van der Waals surface area contributed by atoms with Crippen LogP contribution in [-0.4, -0.2) is 84.9 Å². The molecule has 0 aromatic heterocycles. The zero-order valence-electron chi connectivity index (χ0n) is 27.2. The second-order valence-corrected chi connectivity index (χ2v) is 14.4. The first-order valence-electron chi connectivity index (χ1n) is 15.1. The van der Waals surface area contributed by atoms with Crippen molar-refractivity contribution in [2.75, 3.05) is 20.2 Å². The monoisotopic (exact) mass is 608 g/mol. The van der Waals surface area contributed by atoms with Crippen molar-refractivity contribution in [1.29, 1.82) is 0 Å². The molecular weight excluding hydrogens is 556 g/mol. The summed E-state index contributed by atoms with van der Waals surface area (Å²) >= 11 is 0. The minimum absolute atomic E-state index is 0.00926. The molecule has 1 saturated carbocycles. The molecule has 5 atom stereocenters. The fraction of sp³-hybridized carbons (Fsp3) is 0.800. The fourth-order valence-electron chi connectivity index (χ4n) is 5.09. The van der Waals surface area contributed by atoms with Crippen LogP contribution < -0.4 is 27.0 Å². The highest BCUT2D eigenvalue weighted by atomic mass is 16.5. The number of carbonyl (C=O) groups is 6. The molecule has 244 valence electrons. The van der Waals surface area contributed by atoms with Gasteiger partial charge in [-0.3, -0.25) is 19.2 Å². The number of nitrogens with two attached hydrogens (primary N) is 1. The normalized spacial score (nSPS) is 20.9. The lowest BCUT2D eigenvalue weighted by Crippen LogP contribution is -2.61. The van der Waals surface area contributed by atoms with E-state index in [-0.39, 0.29) is 24.4 Å². The lowest BCUT2D eigenvalue weighted by molar-refractivity contribution is -0.143. The number of urea groups is 1. The topological polar surface area (TPSA) is 189 Å². The highest BCUT2D eigenvalue weighted by Gasteiger charge is 2.46. The van der Waals surface area contributed by atoms with Crippen LogP contribution in [0.1, 0.15) is 81.1 Å². The van der Waals surface area contributed by atoms with Crippen molar-refractivity contribution in [3.63, 3.8) is 0 Å². The first-order valence-corrected chi connectivity index (χ1v) is 15.1. The summed E-state index contributed by atoms with van der Waals surface area (Å²) in [6.45, 7) is 15.3. The molecule has 1 saturated heterocycles. The molecule has 0 radical (unpaired) electrons. The van der Waals surface area contributed by atoms with Crippen molar-refractivity contribution in [2.24, 2.45) is 34.3 Å². The van der Waals surface area contributed by atoms with E-state index < -0.39 is 70.6 Å². The van der Waals surface area contributed by atoms with Crippen molar-refractivity contribution in [1.82, 2.24) is 26.2 Å². The number of hydrogen-bond acceptors (Lipinski definition) is 7. The molecule has 1 aliphatic carbocycles. The molecule has 43 heavy (non-hydrogen) atoms. The summed E-state index contributed by atoms with van der Waals surface area (Å²) in [6, 6.07) is -4.13. The lowest BCUT2D eigenvalue weighted by atomic mass is 9.85. The number of amides is 6. The van der Waals surface area contributed by atoms with E-state index >= 15 is 0 Å².